The summed E-state index contributed by atoms with van der Waals surface area (Å²) >= 11 is 0. The first-order chi connectivity index (χ1) is 9.08. The average Bonchev–Trinajstić information content (AvgIpc) is 2.35. The minimum Gasteiger partial charge on any atom is -0.466 e. The summed E-state index contributed by atoms with van der Waals surface area (Å²) in [6, 6.07) is 2.96. The normalized spacial score (nSPS) is 12.3. The second kappa shape index (κ2) is 7.66. The van der Waals surface area contributed by atoms with Gasteiger partial charge in [-0.05, 0) is 25.0 Å². The maximum atomic E-state index is 12.1. The Morgan fingerprint density at radius 2 is 2.16 bits per heavy atom. The summed E-state index contributed by atoms with van der Waals surface area (Å²) < 4.78 is 33.5. The highest BCUT2D eigenvalue weighted by atomic mass is 19.3. The predicted molar refractivity (Wildman–Crippen MR) is 65.2 cm³/mol. The maximum Gasteiger partial charge on any atom is 0.388 e. The molecule has 1 unspecified atom stereocenters. The molecule has 4 nitrogen and oxygen atoms in total. The van der Waals surface area contributed by atoms with Crippen LogP contribution in [-0.2, 0) is 9.53 Å². The molecule has 1 aromatic heterocycles. The fourth-order valence-electron chi connectivity index (χ4n) is 1.75. The van der Waals surface area contributed by atoms with Gasteiger partial charge in [0.25, 0.3) is 0 Å². The number of halogens is 2. The Hall–Kier alpha value is -1.72. The van der Waals surface area contributed by atoms with Crippen molar-refractivity contribution in [1.29, 1.82) is 0 Å². The van der Waals surface area contributed by atoms with E-state index in [1.807, 2.05) is 6.92 Å². The SMILES string of the molecule is CCCC(C(=O)OCC)c1ccnc(OC(F)F)c1. The summed E-state index contributed by atoms with van der Waals surface area (Å²) in [6.07, 6.45) is 2.70. The number of esters is 1. The quantitative estimate of drug-likeness (QED) is 0.716. The molecule has 0 radical (unpaired) electrons. The lowest BCUT2D eigenvalue weighted by atomic mass is 9.95. The summed E-state index contributed by atoms with van der Waals surface area (Å²) in [5.41, 5.74) is 0.575. The van der Waals surface area contributed by atoms with Crippen molar-refractivity contribution in [2.24, 2.45) is 0 Å². The van der Waals surface area contributed by atoms with E-state index in [9.17, 15) is 13.6 Å². The fraction of sp³-hybridized carbons (Fsp3) is 0.538. The zero-order chi connectivity index (χ0) is 14.3. The van der Waals surface area contributed by atoms with Crippen molar-refractivity contribution in [2.75, 3.05) is 6.61 Å². The highest BCUT2D eigenvalue weighted by Gasteiger charge is 2.22. The minimum atomic E-state index is -2.94. The molecule has 0 spiro atoms. The van der Waals surface area contributed by atoms with Crippen molar-refractivity contribution < 1.29 is 23.0 Å². The summed E-state index contributed by atoms with van der Waals surface area (Å²) in [7, 11) is 0. The van der Waals surface area contributed by atoms with Crippen LogP contribution in [-0.4, -0.2) is 24.2 Å². The van der Waals surface area contributed by atoms with Gasteiger partial charge in [0.1, 0.15) is 0 Å². The standard InChI is InChI=1S/C13H17F2NO3/c1-3-5-10(12(17)18-4-2)9-6-7-16-11(8-9)19-13(14)15/h6-8,10,13H,3-5H2,1-2H3. The van der Waals surface area contributed by atoms with E-state index in [0.29, 0.717) is 12.0 Å². The number of carbonyl (C=O) groups excluding carboxylic acids is 1. The monoisotopic (exact) mass is 273 g/mol. The summed E-state index contributed by atoms with van der Waals surface area (Å²) in [4.78, 5) is 15.5. The lowest BCUT2D eigenvalue weighted by Crippen LogP contribution is -2.16. The van der Waals surface area contributed by atoms with Crippen molar-refractivity contribution >= 4 is 5.97 Å². The molecule has 1 aromatic rings. The molecular weight excluding hydrogens is 256 g/mol. The first kappa shape index (κ1) is 15.3. The van der Waals surface area contributed by atoms with Crippen LogP contribution in [0.2, 0.25) is 0 Å². The van der Waals surface area contributed by atoms with Gasteiger partial charge in [-0.25, -0.2) is 4.98 Å². The Kier molecular flexibility index (Phi) is 6.18. The number of hydrogen-bond acceptors (Lipinski definition) is 4. The van der Waals surface area contributed by atoms with E-state index in [1.165, 1.54) is 12.3 Å². The fourth-order valence-corrected chi connectivity index (χ4v) is 1.75. The van der Waals surface area contributed by atoms with Crippen LogP contribution < -0.4 is 4.74 Å². The van der Waals surface area contributed by atoms with Crippen LogP contribution in [0.25, 0.3) is 0 Å². The topological polar surface area (TPSA) is 48.4 Å². The molecule has 1 heterocycles. The molecule has 0 aliphatic rings. The molecule has 1 atom stereocenters. The van der Waals surface area contributed by atoms with Crippen molar-refractivity contribution in [3.63, 3.8) is 0 Å². The van der Waals surface area contributed by atoms with Crippen LogP contribution in [0.5, 0.6) is 5.88 Å². The van der Waals surface area contributed by atoms with Gasteiger partial charge in [0, 0.05) is 12.3 Å². The zero-order valence-electron chi connectivity index (χ0n) is 10.9. The van der Waals surface area contributed by atoms with E-state index in [0.717, 1.165) is 6.42 Å². The van der Waals surface area contributed by atoms with Gasteiger partial charge in [-0.3, -0.25) is 4.79 Å². The highest BCUT2D eigenvalue weighted by molar-refractivity contribution is 5.78. The van der Waals surface area contributed by atoms with Crippen molar-refractivity contribution in [2.45, 2.75) is 39.2 Å². The molecule has 0 saturated heterocycles. The smallest absolute Gasteiger partial charge is 0.388 e. The number of rotatable bonds is 7. The lowest BCUT2D eigenvalue weighted by Gasteiger charge is -2.15. The van der Waals surface area contributed by atoms with Gasteiger partial charge >= 0.3 is 12.6 Å². The Labute approximate surface area is 110 Å². The molecule has 0 fully saturated rings. The number of carbonyl (C=O) groups is 1. The first-order valence-electron chi connectivity index (χ1n) is 6.15. The third-order valence-corrected chi connectivity index (χ3v) is 2.52. The summed E-state index contributed by atoms with van der Waals surface area (Å²) in [5, 5.41) is 0. The first-order valence-corrected chi connectivity index (χ1v) is 6.15. The number of pyridine rings is 1. The van der Waals surface area contributed by atoms with E-state index < -0.39 is 12.5 Å². The Bertz CT molecular complexity index is 413. The number of nitrogens with zero attached hydrogens (tertiary/aromatic N) is 1. The van der Waals surface area contributed by atoms with Gasteiger partial charge in [-0.2, -0.15) is 8.78 Å². The van der Waals surface area contributed by atoms with Crippen LogP contribution in [0.15, 0.2) is 18.3 Å². The Morgan fingerprint density at radius 3 is 2.74 bits per heavy atom. The average molecular weight is 273 g/mol. The van der Waals surface area contributed by atoms with Crippen LogP contribution >= 0.6 is 0 Å². The van der Waals surface area contributed by atoms with Crippen molar-refractivity contribution in [3.05, 3.63) is 23.9 Å². The van der Waals surface area contributed by atoms with Crippen LogP contribution in [0.3, 0.4) is 0 Å². The van der Waals surface area contributed by atoms with Gasteiger partial charge in [0.2, 0.25) is 5.88 Å². The number of hydrogen-bond donors (Lipinski definition) is 0. The number of aromatic nitrogens is 1. The number of ether oxygens (including phenoxy) is 2. The lowest BCUT2D eigenvalue weighted by molar-refractivity contribution is -0.145. The second-order valence-electron chi connectivity index (χ2n) is 3.90. The van der Waals surface area contributed by atoms with Gasteiger partial charge in [-0.1, -0.05) is 13.3 Å². The van der Waals surface area contributed by atoms with E-state index >= 15 is 0 Å². The van der Waals surface area contributed by atoms with Crippen molar-refractivity contribution in [1.82, 2.24) is 4.98 Å². The molecule has 0 bridgehead atoms. The molecule has 6 heteroatoms. The summed E-state index contributed by atoms with van der Waals surface area (Å²) in [5.74, 6) is -1.04. The molecule has 0 aliphatic heterocycles. The molecular formula is C13H17F2NO3. The Balaban J connectivity index is 2.92. The van der Waals surface area contributed by atoms with Crippen molar-refractivity contribution in [3.8, 4) is 5.88 Å². The summed E-state index contributed by atoms with van der Waals surface area (Å²) in [6.45, 7) is 1.00. The highest BCUT2D eigenvalue weighted by Crippen LogP contribution is 2.25. The molecule has 0 aliphatic carbocycles. The zero-order valence-corrected chi connectivity index (χ0v) is 10.9. The number of alkyl halides is 2. The van der Waals surface area contributed by atoms with E-state index in [2.05, 4.69) is 9.72 Å². The van der Waals surface area contributed by atoms with Crippen LogP contribution in [0, 0.1) is 0 Å². The van der Waals surface area contributed by atoms with E-state index in [4.69, 9.17) is 4.74 Å². The van der Waals surface area contributed by atoms with Crippen LogP contribution in [0.4, 0.5) is 8.78 Å². The molecule has 0 amide bonds. The van der Waals surface area contributed by atoms with Gasteiger partial charge in [-0.15, -0.1) is 0 Å². The van der Waals surface area contributed by atoms with Gasteiger partial charge in [0.05, 0.1) is 12.5 Å². The van der Waals surface area contributed by atoms with Gasteiger partial charge < -0.3 is 9.47 Å². The molecule has 0 aromatic carbocycles. The van der Waals surface area contributed by atoms with E-state index in [-0.39, 0.29) is 18.5 Å². The molecule has 106 valence electrons. The second-order valence-corrected chi connectivity index (χ2v) is 3.90. The van der Waals surface area contributed by atoms with Crippen LogP contribution in [0.1, 0.15) is 38.2 Å². The van der Waals surface area contributed by atoms with E-state index in [1.54, 1.807) is 13.0 Å². The maximum absolute atomic E-state index is 12.1. The Morgan fingerprint density at radius 1 is 1.42 bits per heavy atom. The molecule has 0 saturated carbocycles. The van der Waals surface area contributed by atoms with Gasteiger partial charge in [0.15, 0.2) is 0 Å². The molecule has 0 N–H and O–H groups in total. The molecule has 1 rings (SSSR count). The predicted octanol–water partition coefficient (Wildman–Crippen LogP) is 3.13. The molecule has 19 heavy (non-hydrogen) atoms. The largest absolute Gasteiger partial charge is 0.466 e. The minimum absolute atomic E-state index is 0.196. The third-order valence-electron chi connectivity index (χ3n) is 2.52. The third kappa shape index (κ3) is 4.81.